The molecule has 4 nitrogen and oxygen atoms in total. The largest absolute Gasteiger partial charge is 0.492 e. The molecule has 26 heavy (non-hydrogen) atoms. The van der Waals surface area contributed by atoms with Crippen LogP contribution in [0.3, 0.4) is 0 Å². The van der Waals surface area contributed by atoms with Crippen LogP contribution in [0, 0.1) is 6.92 Å². The van der Waals surface area contributed by atoms with Crippen LogP contribution in [0.5, 0.6) is 5.75 Å². The van der Waals surface area contributed by atoms with Crippen LogP contribution < -0.4 is 10.1 Å². The Morgan fingerprint density at radius 3 is 2.69 bits per heavy atom. The van der Waals surface area contributed by atoms with E-state index in [1.54, 1.807) is 0 Å². The van der Waals surface area contributed by atoms with Crippen molar-refractivity contribution in [2.24, 2.45) is 0 Å². The Hall–Kier alpha value is -2.33. The summed E-state index contributed by atoms with van der Waals surface area (Å²) in [4.78, 5) is 14.7. The SMILES string of the molecule is Cc1ccc(C(=O)NCc2ccccc2OCC2CCCCN2C)cc1. The van der Waals surface area contributed by atoms with E-state index < -0.39 is 0 Å². The van der Waals surface area contributed by atoms with Crippen molar-refractivity contribution in [1.29, 1.82) is 0 Å². The molecule has 0 aliphatic carbocycles. The van der Waals surface area contributed by atoms with E-state index in [-0.39, 0.29) is 5.91 Å². The van der Waals surface area contributed by atoms with Crippen LogP contribution in [0.2, 0.25) is 0 Å². The van der Waals surface area contributed by atoms with Crippen LogP contribution in [0.1, 0.15) is 40.7 Å². The average molecular weight is 352 g/mol. The second-order valence-corrected chi connectivity index (χ2v) is 7.10. The van der Waals surface area contributed by atoms with Crippen molar-refractivity contribution in [3.63, 3.8) is 0 Å². The molecular formula is C22H28N2O2. The van der Waals surface area contributed by atoms with Gasteiger partial charge in [0, 0.05) is 23.7 Å². The number of hydrogen-bond acceptors (Lipinski definition) is 3. The molecule has 138 valence electrons. The Morgan fingerprint density at radius 2 is 1.92 bits per heavy atom. The number of nitrogens with one attached hydrogen (secondary N) is 1. The summed E-state index contributed by atoms with van der Waals surface area (Å²) in [5, 5.41) is 2.99. The molecule has 1 heterocycles. The van der Waals surface area contributed by atoms with Gasteiger partial charge < -0.3 is 15.0 Å². The highest BCUT2D eigenvalue weighted by atomic mass is 16.5. The van der Waals surface area contributed by atoms with Crippen molar-refractivity contribution in [2.75, 3.05) is 20.2 Å². The molecule has 1 unspecified atom stereocenters. The molecular weight excluding hydrogens is 324 g/mol. The van der Waals surface area contributed by atoms with Gasteiger partial charge in [-0.05, 0) is 51.6 Å². The first-order valence-corrected chi connectivity index (χ1v) is 9.39. The van der Waals surface area contributed by atoms with Gasteiger partial charge in [-0.3, -0.25) is 4.79 Å². The smallest absolute Gasteiger partial charge is 0.251 e. The summed E-state index contributed by atoms with van der Waals surface area (Å²) < 4.78 is 6.11. The molecule has 0 saturated carbocycles. The Morgan fingerprint density at radius 1 is 1.15 bits per heavy atom. The first-order chi connectivity index (χ1) is 12.6. The molecule has 0 aromatic heterocycles. The molecule has 1 aliphatic rings. The van der Waals surface area contributed by atoms with Gasteiger partial charge in [-0.2, -0.15) is 0 Å². The highest BCUT2D eigenvalue weighted by molar-refractivity contribution is 5.94. The van der Waals surface area contributed by atoms with Gasteiger partial charge in [-0.25, -0.2) is 0 Å². The summed E-state index contributed by atoms with van der Waals surface area (Å²) in [6, 6.07) is 16.0. The lowest BCUT2D eigenvalue weighted by molar-refractivity contribution is 0.0950. The maximum Gasteiger partial charge on any atom is 0.251 e. The molecule has 3 rings (SSSR count). The number of likely N-dealkylation sites (N-methyl/N-ethyl adjacent to an activating group) is 1. The van der Waals surface area contributed by atoms with Crippen molar-refractivity contribution in [3.8, 4) is 5.75 Å². The number of hydrogen-bond donors (Lipinski definition) is 1. The fourth-order valence-corrected chi connectivity index (χ4v) is 3.31. The number of likely N-dealkylation sites (tertiary alicyclic amines) is 1. The van der Waals surface area contributed by atoms with E-state index in [4.69, 9.17) is 4.74 Å². The maximum absolute atomic E-state index is 12.3. The van der Waals surface area contributed by atoms with Gasteiger partial charge in [0.2, 0.25) is 0 Å². The van der Waals surface area contributed by atoms with Gasteiger partial charge in [0.15, 0.2) is 0 Å². The van der Waals surface area contributed by atoms with Gasteiger partial charge in [0.05, 0.1) is 0 Å². The van der Waals surface area contributed by atoms with Crippen LogP contribution in [0.25, 0.3) is 0 Å². The Balaban J connectivity index is 1.58. The van der Waals surface area contributed by atoms with Crippen LogP contribution in [0.4, 0.5) is 0 Å². The van der Waals surface area contributed by atoms with Crippen LogP contribution >= 0.6 is 0 Å². The summed E-state index contributed by atoms with van der Waals surface area (Å²) >= 11 is 0. The first-order valence-electron chi connectivity index (χ1n) is 9.39. The van der Waals surface area contributed by atoms with E-state index in [0.717, 1.165) is 23.4 Å². The maximum atomic E-state index is 12.3. The number of carbonyl (C=O) groups is 1. The molecule has 4 heteroatoms. The quantitative estimate of drug-likeness (QED) is 0.860. The van der Waals surface area contributed by atoms with E-state index in [1.807, 2.05) is 55.5 Å². The third-order valence-electron chi connectivity index (χ3n) is 5.08. The van der Waals surface area contributed by atoms with E-state index >= 15 is 0 Å². The van der Waals surface area contributed by atoms with Gasteiger partial charge in [-0.15, -0.1) is 0 Å². The molecule has 0 bridgehead atoms. The molecule has 1 saturated heterocycles. The lowest BCUT2D eigenvalue weighted by atomic mass is 10.0. The summed E-state index contributed by atoms with van der Waals surface area (Å²) in [5.74, 6) is 0.794. The van der Waals surface area contributed by atoms with Gasteiger partial charge in [-0.1, -0.05) is 42.3 Å². The second-order valence-electron chi connectivity index (χ2n) is 7.10. The number of aryl methyl sites for hydroxylation is 1. The summed E-state index contributed by atoms with van der Waals surface area (Å²) in [6.07, 6.45) is 3.73. The standard InChI is InChI=1S/C22H28N2O2/c1-17-10-12-18(13-11-17)22(25)23-15-19-7-3-4-9-21(19)26-16-20-8-5-6-14-24(20)2/h3-4,7,9-13,20H,5-6,8,14-16H2,1-2H3,(H,23,25). The van der Waals surface area contributed by atoms with Gasteiger partial charge >= 0.3 is 0 Å². The average Bonchev–Trinajstić information content (AvgIpc) is 2.66. The number of benzene rings is 2. The van der Waals surface area contributed by atoms with Gasteiger partial charge in [0.25, 0.3) is 5.91 Å². The molecule has 2 aromatic rings. The molecule has 0 radical (unpaired) electrons. The zero-order valence-electron chi connectivity index (χ0n) is 15.7. The zero-order chi connectivity index (χ0) is 18.4. The lowest BCUT2D eigenvalue weighted by Crippen LogP contribution is -2.40. The number of carbonyl (C=O) groups excluding carboxylic acids is 1. The lowest BCUT2D eigenvalue weighted by Gasteiger charge is -2.32. The topological polar surface area (TPSA) is 41.6 Å². The van der Waals surface area contributed by atoms with Gasteiger partial charge in [0.1, 0.15) is 12.4 Å². The third-order valence-corrected chi connectivity index (χ3v) is 5.08. The van der Waals surface area contributed by atoms with E-state index in [2.05, 4.69) is 17.3 Å². The monoisotopic (exact) mass is 352 g/mol. The Bertz CT molecular complexity index is 727. The minimum Gasteiger partial charge on any atom is -0.492 e. The molecule has 1 fully saturated rings. The fraction of sp³-hybridized carbons (Fsp3) is 0.409. The number of rotatable bonds is 6. The van der Waals surface area contributed by atoms with Crippen molar-refractivity contribution >= 4 is 5.91 Å². The molecule has 1 amide bonds. The number of para-hydroxylation sites is 1. The van der Waals surface area contributed by atoms with E-state index in [1.165, 1.54) is 19.3 Å². The minimum atomic E-state index is -0.0631. The summed E-state index contributed by atoms with van der Waals surface area (Å²) in [5.41, 5.74) is 2.83. The van der Waals surface area contributed by atoms with E-state index in [9.17, 15) is 4.79 Å². The predicted octanol–water partition coefficient (Wildman–Crippen LogP) is 3.79. The summed E-state index contributed by atoms with van der Waals surface area (Å²) in [7, 11) is 2.17. The third kappa shape index (κ3) is 4.85. The highest BCUT2D eigenvalue weighted by Gasteiger charge is 2.19. The molecule has 1 aliphatic heterocycles. The number of nitrogens with zero attached hydrogens (tertiary/aromatic N) is 1. The van der Waals surface area contributed by atoms with Crippen molar-refractivity contribution in [2.45, 2.75) is 38.8 Å². The second kappa shape index (κ2) is 8.86. The van der Waals surface area contributed by atoms with Crippen molar-refractivity contribution in [3.05, 3.63) is 65.2 Å². The highest BCUT2D eigenvalue weighted by Crippen LogP contribution is 2.21. The zero-order valence-corrected chi connectivity index (χ0v) is 15.7. The first kappa shape index (κ1) is 18.5. The number of ether oxygens (including phenoxy) is 1. The Kier molecular flexibility index (Phi) is 6.29. The predicted molar refractivity (Wildman–Crippen MR) is 105 cm³/mol. The molecule has 1 atom stereocenters. The van der Waals surface area contributed by atoms with Crippen molar-refractivity contribution < 1.29 is 9.53 Å². The normalized spacial score (nSPS) is 17.7. The summed E-state index contributed by atoms with van der Waals surface area (Å²) in [6.45, 7) is 4.31. The van der Waals surface area contributed by atoms with Crippen LogP contribution in [-0.4, -0.2) is 37.0 Å². The minimum absolute atomic E-state index is 0.0631. The Labute approximate surface area is 156 Å². The molecule has 2 aromatic carbocycles. The molecule has 1 N–H and O–H groups in total. The van der Waals surface area contributed by atoms with Crippen molar-refractivity contribution in [1.82, 2.24) is 10.2 Å². The van der Waals surface area contributed by atoms with E-state index in [0.29, 0.717) is 24.8 Å². The van der Waals surface area contributed by atoms with Crippen LogP contribution in [-0.2, 0) is 6.54 Å². The number of piperidine rings is 1. The van der Waals surface area contributed by atoms with Crippen LogP contribution in [0.15, 0.2) is 48.5 Å². The number of amides is 1. The fourth-order valence-electron chi connectivity index (χ4n) is 3.31. The molecule has 0 spiro atoms.